The molecule has 1 aromatic rings. The van der Waals surface area contributed by atoms with Crippen LogP contribution in [0.15, 0.2) is 12.1 Å². The fourth-order valence-corrected chi connectivity index (χ4v) is 3.90. The Morgan fingerprint density at radius 3 is 2.67 bits per heavy atom. The van der Waals surface area contributed by atoms with E-state index in [1.807, 2.05) is 12.1 Å². The Morgan fingerprint density at radius 2 is 1.86 bits per heavy atom. The van der Waals surface area contributed by atoms with Crippen LogP contribution in [0.3, 0.4) is 0 Å². The summed E-state index contributed by atoms with van der Waals surface area (Å²) in [6.07, 6.45) is 4.01. The lowest BCUT2D eigenvalue weighted by atomic mass is 10.2. The van der Waals surface area contributed by atoms with E-state index in [9.17, 15) is 0 Å². The molecular formula is C16H21ClN2O2. The fraction of sp³-hybridized carbons (Fsp3) is 0.625. The van der Waals surface area contributed by atoms with Gasteiger partial charge in [0, 0.05) is 36.8 Å². The van der Waals surface area contributed by atoms with Crippen molar-refractivity contribution in [2.45, 2.75) is 31.8 Å². The third kappa shape index (κ3) is 2.72. The van der Waals surface area contributed by atoms with Crippen LogP contribution in [0, 0.1) is 0 Å². The van der Waals surface area contributed by atoms with Crippen LogP contribution in [0.25, 0.3) is 0 Å². The molecule has 3 aliphatic heterocycles. The van der Waals surface area contributed by atoms with Crippen molar-refractivity contribution >= 4 is 11.6 Å². The van der Waals surface area contributed by atoms with Gasteiger partial charge in [0.15, 0.2) is 11.5 Å². The van der Waals surface area contributed by atoms with E-state index in [1.165, 1.54) is 32.4 Å². The van der Waals surface area contributed by atoms with E-state index in [0.29, 0.717) is 6.79 Å². The van der Waals surface area contributed by atoms with Gasteiger partial charge in [-0.25, -0.2) is 0 Å². The summed E-state index contributed by atoms with van der Waals surface area (Å²) in [6, 6.07) is 4.65. The first-order valence-electron chi connectivity index (χ1n) is 7.84. The summed E-state index contributed by atoms with van der Waals surface area (Å²) in [5.41, 5.74) is 1.14. The molecule has 2 saturated heterocycles. The van der Waals surface area contributed by atoms with Crippen LogP contribution >= 0.6 is 11.6 Å². The third-order valence-electron chi connectivity index (χ3n) is 4.84. The quantitative estimate of drug-likeness (QED) is 0.857. The summed E-state index contributed by atoms with van der Waals surface area (Å²) in [4.78, 5) is 5.16. The lowest BCUT2D eigenvalue weighted by molar-refractivity contribution is 0.174. The molecule has 3 aliphatic rings. The molecule has 114 valence electrons. The van der Waals surface area contributed by atoms with Crippen molar-refractivity contribution in [1.29, 1.82) is 0 Å². The zero-order chi connectivity index (χ0) is 14.2. The Bertz CT molecular complexity index is 531. The highest BCUT2D eigenvalue weighted by Crippen LogP contribution is 2.37. The second-order valence-electron chi connectivity index (χ2n) is 6.22. The molecule has 1 atom stereocenters. The SMILES string of the molecule is Clc1cc2c(cc1CN1CC[C@@H](N3CCCC3)C1)OCO2. The number of fused-ring (bicyclic) bond motifs is 1. The van der Waals surface area contributed by atoms with Gasteiger partial charge in [0.05, 0.1) is 0 Å². The smallest absolute Gasteiger partial charge is 0.231 e. The van der Waals surface area contributed by atoms with E-state index in [1.54, 1.807) is 0 Å². The number of likely N-dealkylation sites (tertiary alicyclic amines) is 2. The summed E-state index contributed by atoms with van der Waals surface area (Å²) < 4.78 is 10.8. The summed E-state index contributed by atoms with van der Waals surface area (Å²) >= 11 is 6.38. The molecule has 1 aromatic carbocycles. The number of nitrogens with zero attached hydrogens (tertiary/aromatic N) is 2. The van der Waals surface area contributed by atoms with E-state index >= 15 is 0 Å². The van der Waals surface area contributed by atoms with Gasteiger partial charge in [-0.3, -0.25) is 9.80 Å². The second-order valence-corrected chi connectivity index (χ2v) is 6.62. The molecule has 0 aromatic heterocycles. The molecule has 0 spiro atoms. The normalized spacial score (nSPS) is 25.9. The van der Waals surface area contributed by atoms with Gasteiger partial charge in [-0.2, -0.15) is 0 Å². The van der Waals surface area contributed by atoms with Crippen LogP contribution in [0.1, 0.15) is 24.8 Å². The maximum Gasteiger partial charge on any atom is 0.231 e. The van der Waals surface area contributed by atoms with Gasteiger partial charge in [0.25, 0.3) is 0 Å². The lowest BCUT2D eigenvalue weighted by Gasteiger charge is -2.24. The lowest BCUT2D eigenvalue weighted by Crippen LogP contribution is -2.35. The largest absolute Gasteiger partial charge is 0.454 e. The van der Waals surface area contributed by atoms with Crippen LogP contribution in [-0.2, 0) is 6.54 Å². The fourth-order valence-electron chi connectivity index (χ4n) is 3.68. The molecule has 0 N–H and O–H groups in total. The first kappa shape index (κ1) is 13.7. The Morgan fingerprint density at radius 1 is 1.10 bits per heavy atom. The molecule has 4 rings (SSSR count). The minimum atomic E-state index is 0.301. The predicted octanol–water partition coefficient (Wildman–Crippen LogP) is 2.74. The zero-order valence-electron chi connectivity index (χ0n) is 12.2. The number of hydrogen-bond acceptors (Lipinski definition) is 4. The van der Waals surface area contributed by atoms with Crippen molar-refractivity contribution in [3.05, 3.63) is 22.7 Å². The van der Waals surface area contributed by atoms with E-state index in [0.717, 1.165) is 47.8 Å². The molecule has 3 heterocycles. The molecule has 5 heteroatoms. The average Bonchev–Trinajstić information content (AvgIpc) is 3.18. The van der Waals surface area contributed by atoms with Crippen LogP contribution in [0.2, 0.25) is 5.02 Å². The van der Waals surface area contributed by atoms with Crippen molar-refractivity contribution < 1.29 is 9.47 Å². The van der Waals surface area contributed by atoms with Crippen molar-refractivity contribution in [1.82, 2.24) is 9.80 Å². The van der Waals surface area contributed by atoms with Gasteiger partial charge < -0.3 is 9.47 Å². The van der Waals surface area contributed by atoms with E-state index in [4.69, 9.17) is 21.1 Å². The summed E-state index contributed by atoms with van der Waals surface area (Å²) in [6.45, 7) is 6.08. The molecular weight excluding hydrogens is 288 g/mol. The first-order valence-corrected chi connectivity index (χ1v) is 8.22. The van der Waals surface area contributed by atoms with Gasteiger partial charge in [-0.05, 0) is 44.0 Å². The second kappa shape index (κ2) is 5.67. The van der Waals surface area contributed by atoms with Crippen LogP contribution in [-0.4, -0.2) is 48.8 Å². The van der Waals surface area contributed by atoms with Gasteiger partial charge in [-0.15, -0.1) is 0 Å². The monoisotopic (exact) mass is 308 g/mol. The Labute approximate surface area is 130 Å². The highest BCUT2D eigenvalue weighted by atomic mass is 35.5. The Hall–Kier alpha value is -0.970. The molecule has 2 fully saturated rings. The number of ether oxygens (including phenoxy) is 2. The van der Waals surface area contributed by atoms with Gasteiger partial charge in [0.1, 0.15) is 0 Å². The Kier molecular flexibility index (Phi) is 3.69. The maximum absolute atomic E-state index is 6.38. The summed E-state index contributed by atoms with van der Waals surface area (Å²) in [5.74, 6) is 1.59. The number of halogens is 1. The minimum absolute atomic E-state index is 0.301. The number of hydrogen-bond donors (Lipinski definition) is 0. The molecule has 4 nitrogen and oxygen atoms in total. The van der Waals surface area contributed by atoms with Crippen LogP contribution < -0.4 is 9.47 Å². The van der Waals surface area contributed by atoms with E-state index < -0.39 is 0 Å². The zero-order valence-corrected chi connectivity index (χ0v) is 12.9. The molecule has 0 amide bonds. The van der Waals surface area contributed by atoms with Crippen LogP contribution in [0.4, 0.5) is 0 Å². The highest BCUT2D eigenvalue weighted by molar-refractivity contribution is 6.31. The molecule has 0 unspecified atom stereocenters. The standard InChI is InChI=1S/C16H21ClN2O2/c17-14-8-16-15(20-11-21-16)7-12(14)9-18-6-3-13(10-18)19-4-1-2-5-19/h7-8,13H,1-6,9-11H2/t13-/m1/s1. The van der Waals surface area contributed by atoms with Crippen molar-refractivity contribution in [2.24, 2.45) is 0 Å². The minimum Gasteiger partial charge on any atom is -0.454 e. The van der Waals surface area contributed by atoms with Gasteiger partial charge in [0.2, 0.25) is 6.79 Å². The van der Waals surface area contributed by atoms with E-state index in [2.05, 4.69) is 9.80 Å². The molecule has 0 aliphatic carbocycles. The van der Waals surface area contributed by atoms with Crippen molar-refractivity contribution in [3.8, 4) is 11.5 Å². The highest BCUT2D eigenvalue weighted by Gasteiger charge is 2.29. The average molecular weight is 309 g/mol. The van der Waals surface area contributed by atoms with Crippen molar-refractivity contribution in [2.75, 3.05) is 33.0 Å². The predicted molar refractivity (Wildman–Crippen MR) is 82.1 cm³/mol. The van der Waals surface area contributed by atoms with Gasteiger partial charge >= 0.3 is 0 Å². The maximum atomic E-state index is 6.38. The summed E-state index contributed by atoms with van der Waals surface area (Å²) in [5, 5.41) is 0.781. The van der Waals surface area contributed by atoms with Crippen LogP contribution in [0.5, 0.6) is 11.5 Å². The number of rotatable bonds is 3. The molecule has 0 saturated carbocycles. The van der Waals surface area contributed by atoms with Gasteiger partial charge in [-0.1, -0.05) is 11.6 Å². The Balaban J connectivity index is 1.42. The van der Waals surface area contributed by atoms with Crippen molar-refractivity contribution in [3.63, 3.8) is 0 Å². The number of benzene rings is 1. The molecule has 0 radical (unpaired) electrons. The van der Waals surface area contributed by atoms with E-state index in [-0.39, 0.29) is 0 Å². The topological polar surface area (TPSA) is 24.9 Å². The first-order chi connectivity index (χ1) is 10.3. The molecule has 21 heavy (non-hydrogen) atoms. The summed E-state index contributed by atoms with van der Waals surface area (Å²) in [7, 11) is 0. The third-order valence-corrected chi connectivity index (χ3v) is 5.19. The molecule has 0 bridgehead atoms.